The van der Waals surface area contributed by atoms with E-state index in [1.54, 1.807) is 19.4 Å². The lowest BCUT2D eigenvalue weighted by atomic mass is 9.98. The predicted molar refractivity (Wildman–Crippen MR) is 93.7 cm³/mol. The van der Waals surface area contributed by atoms with E-state index in [2.05, 4.69) is 19.2 Å². The highest BCUT2D eigenvalue weighted by Crippen LogP contribution is 2.37. The second-order valence-electron chi connectivity index (χ2n) is 6.34. The van der Waals surface area contributed by atoms with Crippen LogP contribution in [0.25, 0.3) is 16.5 Å². The number of rotatable bonds is 5. The number of fused-ring (bicyclic) bond motifs is 1. The van der Waals surface area contributed by atoms with E-state index in [0.717, 1.165) is 39.0 Å². The number of amides is 1. The van der Waals surface area contributed by atoms with Gasteiger partial charge in [-0.05, 0) is 43.9 Å². The molecule has 0 radical (unpaired) electrons. The monoisotopic (exact) mass is 315 g/mol. The Balaban J connectivity index is 2.44. The number of hydrogen-bond donors (Lipinski definition) is 1. The first-order valence-electron chi connectivity index (χ1n) is 7.87. The van der Waals surface area contributed by atoms with Gasteiger partial charge in [0, 0.05) is 29.1 Å². The third kappa shape index (κ3) is 3.58. The fraction of sp³-hybridized carbons (Fsp3) is 0.421. The van der Waals surface area contributed by atoms with E-state index < -0.39 is 0 Å². The van der Waals surface area contributed by atoms with Crippen molar-refractivity contribution in [3.8, 4) is 5.75 Å². The number of aryl methyl sites for hydroxylation is 2. The van der Waals surface area contributed by atoms with Crippen LogP contribution in [0.15, 0.2) is 22.8 Å². The first kappa shape index (κ1) is 17.1. The molecule has 0 unspecified atom stereocenters. The van der Waals surface area contributed by atoms with Gasteiger partial charge in [0.2, 0.25) is 5.91 Å². The number of furan rings is 1. The first-order valence-corrected chi connectivity index (χ1v) is 7.87. The summed E-state index contributed by atoms with van der Waals surface area (Å²) in [6.45, 7) is 10.7. The lowest BCUT2D eigenvalue weighted by molar-refractivity contribution is -0.116. The number of carbonyl (C=O) groups is 1. The molecule has 2 rings (SSSR count). The molecule has 4 heteroatoms. The van der Waals surface area contributed by atoms with E-state index >= 15 is 0 Å². The molecule has 0 aliphatic carbocycles. The van der Waals surface area contributed by atoms with Gasteiger partial charge in [0.1, 0.15) is 11.3 Å². The molecule has 0 aliphatic rings. The molecule has 1 heterocycles. The Morgan fingerprint density at radius 3 is 2.70 bits per heavy atom. The average Bonchev–Trinajstić information content (AvgIpc) is 2.86. The summed E-state index contributed by atoms with van der Waals surface area (Å²) in [6.07, 6.45) is 3.37. The zero-order chi connectivity index (χ0) is 17.1. The molecule has 1 aromatic heterocycles. The van der Waals surface area contributed by atoms with E-state index in [-0.39, 0.29) is 5.91 Å². The van der Waals surface area contributed by atoms with Gasteiger partial charge in [-0.15, -0.1) is 0 Å². The minimum Gasteiger partial charge on any atom is -0.496 e. The molecular weight excluding hydrogens is 290 g/mol. The number of carbonyl (C=O) groups excluding carboxylic acids is 1. The van der Waals surface area contributed by atoms with Crippen molar-refractivity contribution < 1.29 is 13.9 Å². The molecule has 0 saturated heterocycles. The Kier molecular flexibility index (Phi) is 5.14. The number of ether oxygens (including phenoxy) is 1. The van der Waals surface area contributed by atoms with Crippen LogP contribution in [0.5, 0.6) is 5.75 Å². The lowest BCUT2D eigenvalue weighted by Gasteiger charge is -2.13. The van der Waals surface area contributed by atoms with Crippen molar-refractivity contribution in [2.24, 2.45) is 5.92 Å². The zero-order valence-electron chi connectivity index (χ0n) is 14.7. The molecule has 1 amide bonds. The summed E-state index contributed by atoms with van der Waals surface area (Å²) < 4.78 is 11.2. The van der Waals surface area contributed by atoms with Crippen molar-refractivity contribution in [1.29, 1.82) is 0 Å². The lowest BCUT2D eigenvalue weighted by Crippen LogP contribution is -2.25. The molecule has 0 saturated carbocycles. The second kappa shape index (κ2) is 6.90. The maximum absolute atomic E-state index is 12.0. The van der Waals surface area contributed by atoms with E-state index in [4.69, 9.17) is 9.15 Å². The first-order chi connectivity index (χ1) is 10.8. The van der Waals surface area contributed by atoms with Gasteiger partial charge in [0.05, 0.1) is 13.4 Å². The normalized spacial score (nSPS) is 12.0. The van der Waals surface area contributed by atoms with Crippen LogP contribution in [0.2, 0.25) is 0 Å². The van der Waals surface area contributed by atoms with Gasteiger partial charge in [0.25, 0.3) is 0 Å². The molecule has 2 aromatic rings. The van der Waals surface area contributed by atoms with Crippen molar-refractivity contribution in [2.45, 2.75) is 34.6 Å². The fourth-order valence-electron chi connectivity index (χ4n) is 2.62. The van der Waals surface area contributed by atoms with Crippen LogP contribution in [-0.4, -0.2) is 19.6 Å². The molecule has 0 spiro atoms. The Labute approximate surface area is 137 Å². The van der Waals surface area contributed by atoms with Crippen molar-refractivity contribution in [3.63, 3.8) is 0 Å². The summed E-state index contributed by atoms with van der Waals surface area (Å²) in [5, 5.41) is 3.95. The van der Waals surface area contributed by atoms with Crippen LogP contribution in [0, 0.1) is 19.8 Å². The third-order valence-electron chi connectivity index (χ3n) is 3.90. The Bertz CT molecular complexity index is 754. The highest BCUT2D eigenvalue weighted by molar-refractivity contribution is 5.98. The molecule has 1 N–H and O–H groups in total. The van der Waals surface area contributed by atoms with Crippen molar-refractivity contribution in [2.75, 3.05) is 13.7 Å². The standard InChI is InChI=1S/C19H25NO3/c1-11(2)9-20-17(21)7-12(3)15-8-16-13(4)10-23-19(16)14(5)18(15)22-6/h7-8,10-11H,9H2,1-6H3,(H,20,21)/b12-7+. The summed E-state index contributed by atoms with van der Waals surface area (Å²) in [7, 11) is 1.64. The summed E-state index contributed by atoms with van der Waals surface area (Å²) in [5.74, 6) is 1.09. The predicted octanol–water partition coefficient (Wildman–Crippen LogP) is 4.23. The highest BCUT2D eigenvalue weighted by Gasteiger charge is 2.16. The van der Waals surface area contributed by atoms with E-state index in [0.29, 0.717) is 12.5 Å². The van der Waals surface area contributed by atoms with Gasteiger partial charge in [0.15, 0.2) is 0 Å². The third-order valence-corrected chi connectivity index (χ3v) is 3.90. The molecular formula is C19H25NO3. The fourth-order valence-corrected chi connectivity index (χ4v) is 2.62. The van der Waals surface area contributed by atoms with Crippen LogP contribution in [-0.2, 0) is 4.79 Å². The van der Waals surface area contributed by atoms with Crippen LogP contribution in [0.3, 0.4) is 0 Å². The topological polar surface area (TPSA) is 51.5 Å². The van der Waals surface area contributed by atoms with E-state index in [1.807, 2.05) is 26.8 Å². The zero-order valence-corrected chi connectivity index (χ0v) is 14.7. The van der Waals surface area contributed by atoms with Crippen LogP contribution >= 0.6 is 0 Å². The van der Waals surface area contributed by atoms with Gasteiger partial charge < -0.3 is 14.5 Å². The van der Waals surface area contributed by atoms with Crippen molar-refractivity contribution in [3.05, 3.63) is 35.1 Å². The van der Waals surface area contributed by atoms with Crippen LogP contribution in [0.4, 0.5) is 0 Å². The molecule has 0 aliphatic heterocycles. The Morgan fingerprint density at radius 2 is 2.09 bits per heavy atom. The maximum Gasteiger partial charge on any atom is 0.244 e. The number of hydrogen-bond acceptors (Lipinski definition) is 3. The number of allylic oxidation sites excluding steroid dienone is 1. The summed E-state index contributed by atoms with van der Waals surface area (Å²) in [6, 6.07) is 2.03. The van der Waals surface area contributed by atoms with Gasteiger partial charge in [-0.1, -0.05) is 13.8 Å². The molecule has 1 aromatic carbocycles. The quantitative estimate of drug-likeness (QED) is 0.840. The summed E-state index contributed by atoms with van der Waals surface area (Å²) in [4.78, 5) is 12.0. The van der Waals surface area contributed by atoms with Crippen molar-refractivity contribution in [1.82, 2.24) is 5.32 Å². The number of benzene rings is 1. The molecule has 23 heavy (non-hydrogen) atoms. The average molecular weight is 315 g/mol. The molecule has 124 valence electrons. The van der Waals surface area contributed by atoms with Gasteiger partial charge in [-0.25, -0.2) is 0 Å². The molecule has 0 bridgehead atoms. The number of nitrogens with one attached hydrogen (secondary N) is 1. The molecule has 0 fully saturated rings. The second-order valence-corrected chi connectivity index (χ2v) is 6.34. The van der Waals surface area contributed by atoms with E-state index in [1.165, 1.54) is 0 Å². The largest absolute Gasteiger partial charge is 0.496 e. The Morgan fingerprint density at radius 1 is 1.39 bits per heavy atom. The summed E-state index contributed by atoms with van der Waals surface area (Å²) in [5.41, 5.74) is 4.64. The smallest absolute Gasteiger partial charge is 0.244 e. The van der Waals surface area contributed by atoms with Gasteiger partial charge in [-0.2, -0.15) is 0 Å². The summed E-state index contributed by atoms with van der Waals surface area (Å²) >= 11 is 0. The van der Waals surface area contributed by atoms with Crippen LogP contribution in [0.1, 0.15) is 37.5 Å². The van der Waals surface area contributed by atoms with Crippen molar-refractivity contribution >= 4 is 22.4 Å². The molecule has 0 atom stereocenters. The highest BCUT2D eigenvalue weighted by atomic mass is 16.5. The maximum atomic E-state index is 12.0. The molecule has 4 nitrogen and oxygen atoms in total. The van der Waals surface area contributed by atoms with E-state index in [9.17, 15) is 4.79 Å². The Hall–Kier alpha value is -2.23. The van der Waals surface area contributed by atoms with Crippen LogP contribution < -0.4 is 10.1 Å². The minimum absolute atomic E-state index is 0.0834. The van der Waals surface area contributed by atoms with Gasteiger partial charge in [-0.3, -0.25) is 4.79 Å². The minimum atomic E-state index is -0.0834. The number of methoxy groups -OCH3 is 1. The van der Waals surface area contributed by atoms with Gasteiger partial charge >= 0.3 is 0 Å². The SMILES string of the molecule is COc1c(/C(C)=C/C(=O)NCC(C)C)cc2c(C)coc2c1C.